The fourth-order valence-corrected chi connectivity index (χ4v) is 2.69. The Morgan fingerprint density at radius 1 is 1.50 bits per heavy atom. The highest BCUT2D eigenvalue weighted by molar-refractivity contribution is 9.10. The number of carbonyl (C=O) groups excluding carboxylic acids is 1. The molecule has 0 aromatic heterocycles. The number of rotatable bonds is 3. The molecule has 2 rings (SSSR count). The minimum absolute atomic E-state index is 0.213. The number of carboxylic acid groups (broad SMARTS) is 1. The van der Waals surface area contributed by atoms with Crippen LogP contribution < -0.4 is 5.32 Å². The largest absolute Gasteiger partial charge is 0.481 e. The SMILES string of the molecule is CC1(C(=O)O)CCN(C(=O)NCc2cccc(Br)c2)C1. The highest BCUT2D eigenvalue weighted by atomic mass is 79.9. The summed E-state index contributed by atoms with van der Waals surface area (Å²) >= 11 is 3.38. The molecule has 5 nitrogen and oxygen atoms in total. The van der Waals surface area contributed by atoms with E-state index in [1.54, 1.807) is 11.8 Å². The average molecular weight is 341 g/mol. The minimum atomic E-state index is -0.847. The van der Waals surface area contributed by atoms with Gasteiger partial charge in [0.25, 0.3) is 0 Å². The predicted octanol–water partition coefficient (Wildman–Crippen LogP) is 2.46. The monoisotopic (exact) mass is 340 g/mol. The van der Waals surface area contributed by atoms with Gasteiger partial charge in [-0.2, -0.15) is 0 Å². The molecule has 1 heterocycles. The average Bonchev–Trinajstić information content (AvgIpc) is 2.80. The summed E-state index contributed by atoms with van der Waals surface area (Å²) in [5.41, 5.74) is 0.167. The second-order valence-electron chi connectivity index (χ2n) is 5.33. The van der Waals surface area contributed by atoms with Crippen LogP contribution in [0.5, 0.6) is 0 Å². The van der Waals surface area contributed by atoms with E-state index in [4.69, 9.17) is 5.11 Å². The number of benzene rings is 1. The van der Waals surface area contributed by atoms with E-state index in [1.807, 2.05) is 24.3 Å². The third kappa shape index (κ3) is 3.30. The first-order chi connectivity index (χ1) is 9.40. The fourth-order valence-electron chi connectivity index (χ4n) is 2.25. The van der Waals surface area contributed by atoms with Gasteiger partial charge < -0.3 is 15.3 Å². The molecule has 1 saturated heterocycles. The second kappa shape index (κ2) is 5.83. The maximum Gasteiger partial charge on any atom is 0.317 e. The van der Waals surface area contributed by atoms with Crippen LogP contribution in [0.4, 0.5) is 4.79 Å². The molecule has 1 aliphatic heterocycles. The number of urea groups is 1. The van der Waals surface area contributed by atoms with Crippen molar-refractivity contribution in [2.75, 3.05) is 13.1 Å². The fraction of sp³-hybridized carbons (Fsp3) is 0.429. The molecule has 0 saturated carbocycles. The number of hydrogen-bond acceptors (Lipinski definition) is 2. The first kappa shape index (κ1) is 14.8. The Kier molecular flexibility index (Phi) is 4.32. The molecule has 1 atom stereocenters. The van der Waals surface area contributed by atoms with Crippen LogP contribution in [0.15, 0.2) is 28.7 Å². The van der Waals surface area contributed by atoms with Gasteiger partial charge in [-0.3, -0.25) is 4.79 Å². The zero-order valence-corrected chi connectivity index (χ0v) is 12.8. The molecule has 0 bridgehead atoms. The van der Waals surface area contributed by atoms with E-state index in [1.165, 1.54) is 0 Å². The topological polar surface area (TPSA) is 69.6 Å². The Bertz CT molecular complexity index is 535. The van der Waals surface area contributed by atoms with E-state index in [9.17, 15) is 9.59 Å². The van der Waals surface area contributed by atoms with Crippen LogP contribution in [0.1, 0.15) is 18.9 Å². The lowest BCUT2D eigenvalue weighted by Gasteiger charge is -2.20. The smallest absolute Gasteiger partial charge is 0.317 e. The number of aliphatic carboxylic acids is 1. The number of halogens is 1. The second-order valence-corrected chi connectivity index (χ2v) is 6.24. The summed E-state index contributed by atoms with van der Waals surface area (Å²) < 4.78 is 0.962. The molecule has 1 fully saturated rings. The Morgan fingerprint density at radius 2 is 2.25 bits per heavy atom. The lowest BCUT2D eigenvalue weighted by molar-refractivity contribution is -0.146. The number of likely N-dealkylation sites (tertiary alicyclic amines) is 1. The number of nitrogens with zero attached hydrogens (tertiary/aromatic N) is 1. The highest BCUT2D eigenvalue weighted by Crippen LogP contribution is 2.29. The van der Waals surface area contributed by atoms with Crippen molar-refractivity contribution in [3.05, 3.63) is 34.3 Å². The number of carbonyl (C=O) groups is 2. The molecule has 2 amide bonds. The van der Waals surface area contributed by atoms with Gasteiger partial charge in [-0.25, -0.2) is 4.79 Å². The lowest BCUT2D eigenvalue weighted by atomic mass is 9.90. The molecule has 20 heavy (non-hydrogen) atoms. The molecule has 2 N–H and O–H groups in total. The van der Waals surface area contributed by atoms with Crippen molar-refractivity contribution in [2.24, 2.45) is 5.41 Å². The zero-order valence-electron chi connectivity index (χ0n) is 11.2. The number of hydrogen-bond donors (Lipinski definition) is 2. The zero-order chi connectivity index (χ0) is 14.8. The maximum absolute atomic E-state index is 12.0. The molecule has 6 heteroatoms. The van der Waals surface area contributed by atoms with Crippen molar-refractivity contribution in [3.63, 3.8) is 0 Å². The normalized spacial score (nSPS) is 21.8. The van der Waals surface area contributed by atoms with Crippen LogP contribution >= 0.6 is 15.9 Å². The summed E-state index contributed by atoms with van der Waals surface area (Å²) in [6.07, 6.45) is 0.493. The Morgan fingerprint density at radius 3 is 2.85 bits per heavy atom. The first-order valence-corrected chi connectivity index (χ1v) is 7.21. The van der Waals surface area contributed by atoms with E-state index < -0.39 is 11.4 Å². The minimum Gasteiger partial charge on any atom is -0.481 e. The van der Waals surface area contributed by atoms with Crippen LogP contribution in [0.3, 0.4) is 0 Å². The van der Waals surface area contributed by atoms with Crippen LogP contribution in [-0.4, -0.2) is 35.1 Å². The lowest BCUT2D eigenvalue weighted by Crippen LogP contribution is -2.40. The van der Waals surface area contributed by atoms with Gasteiger partial charge >= 0.3 is 12.0 Å². The van der Waals surface area contributed by atoms with Gasteiger partial charge in [-0.15, -0.1) is 0 Å². The van der Waals surface area contributed by atoms with E-state index in [0.717, 1.165) is 10.0 Å². The Labute approximate surface area is 126 Å². The van der Waals surface area contributed by atoms with Crippen molar-refractivity contribution in [2.45, 2.75) is 19.9 Å². The van der Waals surface area contributed by atoms with E-state index in [2.05, 4.69) is 21.2 Å². The van der Waals surface area contributed by atoms with E-state index >= 15 is 0 Å². The molecule has 0 aliphatic carbocycles. The van der Waals surface area contributed by atoms with Crippen LogP contribution in [0.25, 0.3) is 0 Å². The molecule has 1 aliphatic rings. The standard InChI is InChI=1S/C14H17BrN2O3/c1-14(12(18)19)5-6-17(9-14)13(20)16-8-10-3-2-4-11(15)7-10/h2-4,7H,5-6,8-9H2,1H3,(H,16,20)(H,18,19). The van der Waals surface area contributed by atoms with Crippen molar-refractivity contribution in [1.29, 1.82) is 0 Å². The molecule has 1 aromatic rings. The number of amides is 2. The van der Waals surface area contributed by atoms with E-state index in [0.29, 0.717) is 19.5 Å². The van der Waals surface area contributed by atoms with E-state index in [-0.39, 0.29) is 12.6 Å². The summed E-state index contributed by atoms with van der Waals surface area (Å²) in [5, 5.41) is 12.0. The van der Waals surface area contributed by atoms with Crippen LogP contribution in [-0.2, 0) is 11.3 Å². The van der Waals surface area contributed by atoms with Crippen molar-refractivity contribution >= 4 is 27.9 Å². The predicted molar refractivity (Wildman–Crippen MR) is 78.3 cm³/mol. The molecule has 0 spiro atoms. The quantitative estimate of drug-likeness (QED) is 0.887. The summed E-state index contributed by atoms with van der Waals surface area (Å²) in [6, 6.07) is 7.48. The van der Waals surface area contributed by atoms with Gasteiger partial charge in [0.2, 0.25) is 0 Å². The van der Waals surface area contributed by atoms with Crippen LogP contribution in [0, 0.1) is 5.41 Å². The first-order valence-electron chi connectivity index (χ1n) is 6.41. The summed E-state index contributed by atoms with van der Waals surface area (Å²) in [5.74, 6) is -0.847. The Balaban J connectivity index is 1.89. The molecule has 1 aromatic carbocycles. The van der Waals surface area contributed by atoms with Crippen molar-refractivity contribution < 1.29 is 14.7 Å². The third-order valence-corrected chi connectivity index (χ3v) is 4.10. The van der Waals surface area contributed by atoms with Crippen LogP contribution in [0.2, 0.25) is 0 Å². The summed E-state index contributed by atoms with van der Waals surface area (Å²) in [7, 11) is 0. The van der Waals surface area contributed by atoms with Gasteiger partial charge in [0.05, 0.1) is 5.41 Å². The van der Waals surface area contributed by atoms with Gasteiger partial charge in [-0.1, -0.05) is 28.1 Å². The van der Waals surface area contributed by atoms with Gasteiger partial charge in [0.15, 0.2) is 0 Å². The molecule has 1 unspecified atom stereocenters. The van der Waals surface area contributed by atoms with Gasteiger partial charge in [0, 0.05) is 24.1 Å². The summed E-state index contributed by atoms with van der Waals surface area (Å²) in [4.78, 5) is 24.7. The van der Waals surface area contributed by atoms with Gasteiger partial charge in [-0.05, 0) is 31.0 Å². The van der Waals surface area contributed by atoms with Crippen molar-refractivity contribution in [3.8, 4) is 0 Å². The van der Waals surface area contributed by atoms with Crippen molar-refractivity contribution in [1.82, 2.24) is 10.2 Å². The maximum atomic E-state index is 12.0. The number of carboxylic acids is 1. The Hall–Kier alpha value is -1.56. The molecule has 108 valence electrons. The summed E-state index contributed by atoms with van der Waals surface area (Å²) in [6.45, 7) is 2.84. The number of nitrogens with one attached hydrogen (secondary N) is 1. The molecule has 0 radical (unpaired) electrons. The third-order valence-electron chi connectivity index (χ3n) is 3.61. The molecular formula is C14H17BrN2O3. The van der Waals surface area contributed by atoms with Gasteiger partial charge in [0.1, 0.15) is 0 Å². The highest BCUT2D eigenvalue weighted by Gasteiger charge is 2.42. The molecular weight excluding hydrogens is 324 g/mol.